The lowest BCUT2D eigenvalue weighted by atomic mass is 10.2. The highest BCUT2D eigenvalue weighted by molar-refractivity contribution is 14.1. The summed E-state index contributed by atoms with van der Waals surface area (Å²) in [5.74, 6) is 1.21. The topological polar surface area (TPSA) is 72.0 Å². The van der Waals surface area contributed by atoms with Crippen LogP contribution in [0.3, 0.4) is 0 Å². The van der Waals surface area contributed by atoms with Crippen molar-refractivity contribution in [2.45, 2.75) is 6.61 Å². The van der Waals surface area contributed by atoms with Crippen molar-refractivity contribution >= 4 is 52.1 Å². The second-order valence-corrected chi connectivity index (χ2v) is 7.74. The van der Waals surface area contributed by atoms with Crippen LogP contribution >= 0.6 is 34.2 Å². The molecule has 0 saturated carbocycles. The van der Waals surface area contributed by atoms with E-state index < -0.39 is 6.03 Å². The van der Waals surface area contributed by atoms with Gasteiger partial charge >= 0.3 is 6.03 Å². The number of amides is 2. The van der Waals surface area contributed by atoms with E-state index in [1.165, 1.54) is 6.21 Å². The van der Waals surface area contributed by atoms with Crippen LogP contribution in [-0.2, 0) is 6.61 Å². The van der Waals surface area contributed by atoms with Gasteiger partial charge in [-0.1, -0.05) is 41.9 Å². The number of carbonyl (C=O) groups is 1. The highest BCUT2D eigenvalue weighted by atomic mass is 127. The molecule has 0 aliphatic rings. The highest BCUT2D eigenvalue weighted by Gasteiger charge is 2.11. The number of anilines is 1. The molecule has 6 nitrogen and oxygen atoms in total. The molecule has 8 heteroatoms. The number of hydrogen-bond acceptors (Lipinski definition) is 4. The van der Waals surface area contributed by atoms with Crippen molar-refractivity contribution in [1.82, 2.24) is 5.43 Å². The first-order valence-electron chi connectivity index (χ1n) is 8.95. The number of para-hydroxylation sites is 1. The molecule has 2 amide bonds. The normalized spacial score (nSPS) is 10.6. The number of methoxy groups -OCH3 is 1. The van der Waals surface area contributed by atoms with Gasteiger partial charge in [0.1, 0.15) is 6.61 Å². The zero-order valence-corrected chi connectivity index (χ0v) is 19.0. The number of urea groups is 1. The van der Waals surface area contributed by atoms with Crippen molar-refractivity contribution in [2.75, 3.05) is 12.4 Å². The quantitative estimate of drug-likeness (QED) is 0.232. The third-order valence-corrected chi connectivity index (χ3v) is 5.01. The van der Waals surface area contributed by atoms with Crippen LogP contribution in [0.15, 0.2) is 71.8 Å². The van der Waals surface area contributed by atoms with E-state index in [4.69, 9.17) is 21.1 Å². The van der Waals surface area contributed by atoms with E-state index in [1.54, 1.807) is 25.3 Å². The fourth-order valence-electron chi connectivity index (χ4n) is 2.54. The van der Waals surface area contributed by atoms with Gasteiger partial charge in [0, 0.05) is 10.7 Å². The van der Waals surface area contributed by atoms with E-state index >= 15 is 0 Å². The Bertz CT molecular complexity index is 1030. The molecule has 3 aromatic rings. The number of hydrazone groups is 1. The fourth-order valence-corrected chi connectivity index (χ4v) is 3.44. The first kappa shape index (κ1) is 21.9. The summed E-state index contributed by atoms with van der Waals surface area (Å²) >= 11 is 8.09. The Kier molecular flexibility index (Phi) is 7.92. The van der Waals surface area contributed by atoms with Crippen LogP contribution in [0.25, 0.3) is 0 Å². The Hall–Kier alpha value is -2.78. The van der Waals surface area contributed by atoms with Crippen molar-refractivity contribution in [3.05, 3.63) is 86.4 Å². The smallest absolute Gasteiger partial charge is 0.339 e. The largest absolute Gasteiger partial charge is 0.493 e. The molecule has 3 rings (SSSR count). The molecular formula is C22H19ClIN3O3. The Balaban J connectivity index is 1.63. The summed E-state index contributed by atoms with van der Waals surface area (Å²) in [6, 6.07) is 19.8. The Morgan fingerprint density at radius 2 is 1.87 bits per heavy atom. The van der Waals surface area contributed by atoms with Crippen molar-refractivity contribution in [3.63, 3.8) is 0 Å². The maximum atomic E-state index is 11.9. The van der Waals surface area contributed by atoms with Gasteiger partial charge in [-0.2, -0.15) is 5.10 Å². The molecule has 0 saturated heterocycles. The molecular weight excluding hydrogens is 517 g/mol. The number of nitrogens with one attached hydrogen (secondary N) is 2. The van der Waals surface area contributed by atoms with Crippen LogP contribution in [0, 0.1) is 3.57 Å². The van der Waals surface area contributed by atoms with E-state index in [0.717, 1.165) is 14.7 Å². The third-order valence-electron chi connectivity index (χ3n) is 3.96. The van der Waals surface area contributed by atoms with Gasteiger partial charge in [-0.05, 0) is 70.1 Å². The Labute approximate surface area is 193 Å². The minimum Gasteiger partial charge on any atom is -0.493 e. The van der Waals surface area contributed by atoms with Crippen LogP contribution in [0.4, 0.5) is 10.5 Å². The Morgan fingerprint density at radius 1 is 1.13 bits per heavy atom. The monoisotopic (exact) mass is 535 g/mol. The number of ether oxygens (including phenoxy) is 2. The van der Waals surface area contributed by atoms with Gasteiger partial charge in [-0.25, -0.2) is 10.2 Å². The number of halogens is 2. The molecule has 0 bridgehead atoms. The van der Waals surface area contributed by atoms with Gasteiger partial charge in [0.25, 0.3) is 0 Å². The molecule has 2 N–H and O–H groups in total. The lowest BCUT2D eigenvalue weighted by Crippen LogP contribution is -2.24. The lowest BCUT2D eigenvalue weighted by Gasteiger charge is -2.13. The minimum absolute atomic E-state index is 0.387. The SMILES string of the molecule is COc1cc(/C=N\NC(=O)Nc2ccccc2)cc(I)c1OCc1ccc(Cl)cc1. The fraction of sp³-hybridized carbons (Fsp3) is 0.0909. The van der Waals surface area contributed by atoms with Crippen LogP contribution in [-0.4, -0.2) is 19.4 Å². The summed E-state index contributed by atoms with van der Waals surface area (Å²) in [5, 5.41) is 7.36. The van der Waals surface area contributed by atoms with Gasteiger partial charge in [-0.3, -0.25) is 0 Å². The summed E-state index contributed by atoms with van der Waals surface area (Å²) in [4.78, 5) is 11.9. The van der Waals surface area contributed by atoms with Crippen LogP contribution in [0.5, 0.6) is 11.5 Å². The molecule has 0 radical (unpaired) electrons. The van der Waals surface area contributed by atoms with Crippen LogP contribution in [0.1, 0.15) is 11.1 Å². The van der Waals surface area contributed by atoms with Crippen LogP contribution < -0.4 is 20.2 Å². The van der Waals surface area contributed by atoms with Gasteiger partial charge in [0.05, 0.1) is 16.9 Å². The summed E-state index contributed by atoms with van der Waals surface area (Å²) in [7, 11) is 1.58. The van der Waals surface area contributed by atoms with Crippen LogP contribution in [0.2, 0.25) is 5.02 Å². The number of rotatable bonds is 7. The maximum Gasteiger partial charge on any atom is 0.339 e. The zero-order chi connectivity index (χ0) is 21.3. The molecule has 0 heterocycles. The average molecular weight is 536 g/mol. The second kappa shape index (κ2) is 10.8. The van der Waals surface area contributed by atoms with Crippen molar-refractivity contribution in [3.8, 4) is 11.5 Å². The van der Waals surface area contributed by atoms with Gasteiger partial charge in [-0.15, -0.1) is 0 Å². The average Bonchev–Trinajstić information content (AvgIpc) is 2.74. The first-order valence-corrected chi connectivity index (χ1v) is 10.4. The number of hydrogen-bond donors (Lipinski definition) is 2. The summed E-state index contributed by atoms with van der Waals surface area (Å²) in [6.07, 6.45) is 1.54. The molecule has 0 aliphatic heterocycles. The molecule has 0 atom stereocenters. The predicted molar refractivity (Wildman–Crippen MR) is 128 cm³/mol. The maximum absolute atomic E-state index is 11.9. The van der Waals surface area contributed by atoms with E-state index in [1.807, 2.05) is 48.5 Å². The van der Waals surface area contributed by atoms with Gasteiger partial charge in [0.2, 0.25) is 0 Å². The third kappa shape index (κ3) is 6.36. The van der Waals surface area contributed by atoms with Crippen molar-refractivity contribution in [1.29, 1.82) is 0 Å². The standard InChI is InChI=1S/C22H19ClIN3O3/c1-29-20-12-16(13-25-27-22(28)26-18-5-3-2-4-6-18)11-19(24)21(20)30-14-15-7-9-17(23)10-8-15/h2-13H,14H2,1H3,(H2,26,27,28)/b25-13-. The highest BCUT2D eigenvalue weighted by Crippen LogP contribution is 2.34. The second-order valence-electron chi connectivity index (χ2n) is 6.14. The minimum atomic E-state index is -0.429. The van der Waals surface area contributed by atoms with E-state index in [9.17, 15) is 4.79 Å². The van der Waals surface area contributed by atoms with E-state index in [-0.39, 0.29) is 0 Å². The summed E-state index contributed by atoms with van der Waals surface area (Å²) < 4.78 is 12.3. The Morgan fingerprint density at radius 3 is 2.57 bits per heavy atom. The van der Waals surface area contributed by atoms with E-state index in [2.05, 4.69) is 38.4 Å². The molecule has 3 aromatic carbocycles. The summed E-state index contributed by atoms with van der Waals surface area (Å²) in [6.45, 7) is 0.387. The van der Waals surface area contributed by atoms with Gasteiger partial charge in [0.15, 0.2) is 11.5 Å². The molecule has 0 aromatic heterocycles. The van der Waals surface area contributed by atoms with E-state index in [0.29, 0.717) is 28.8 Å². The molecule has 154 valence electrons. The van der Waals surface area contributed by atoms with Crippen molar-refractivity contribution < 1.29 is 14.3 Å². The van der Waals surface area contributed by atoms with Crippen molar-refractivity contribution in [2.24, 2.45) is 5.10 Å². The zero-order valence-electron chi connectivity index (χ0n) is 16.1. The number of carbonyl (C=O) groups excluding carboxylic acids is 1. The predicted octanol–water partition coefficient (Wildman–Crippen LogP) is 5.69. The summed E-state index contributed by atoms with van der Waals surface area (Å²) in [5.41, 5.74) is 4.88. The lowest BCUT2D eigenvalue weighted by molar-refractivity contribution is 0.252. The molecule has 0 fully saturated rings. The first-order chi connectivity index (χ1) is 14.5. The molecule has 0 aliphatic carbocycles. The number of nitrogens with zero attached hydrogens (tertiary/aromatic N) is 1. The molecule has 0 spiro atoms. The molecule has 0 unspecified atom stereocenters. The van der Waals surface area contributed by atoms with Gasteiger partial charge < -0.3 is 14.8 Å². The molecule has 30 heavy (non-hydrogen) atoms. The number of benzene rings is 3.